The van der Waals surface area contributed by atoms with Crippen molar-refractivity contribution in [3.63, 3.8) is 0 Å². The van der Waals surface area contributed by atoms with Crippen LogP contribution in [0.4, 0.5) is 4.39 Å². The monoisotopic (exact) mass is 363 g/mol. The SMILES string of the molecule is COCC1(C(=O)O)CCN(C(=O)C2(c3cccc(F)c3)CCCCC2)C1. The lowest BCUT2D eigenvalue weighted by molar-refractivity contribution is -0.152. The number of nitrogens with zero attached hydrogens (tertiary/aromatic N) is 1. The highest BCUT2D eigenvalue weighted by atomic mass is 19.1. The van der Waals surface area contributed by atoms with Gasteiger partial charge in [0.2, 0.25) is 5.91 Å². The molecule has 1 aliphatic carbocycles. The van der Waals surface area contributed by atoms with Crippen LogP contribution < -0.4 is 0 Å². The minimum Gasteiger partial charge on any atom is -0.481 e. The van der Waals surface area contributed by atoms with Gasteiger partial charge in [-0.15, -0.1) is 0 Å². The standard InChI is InChI=1S/C20H26FNO4/c1-26-14-19(18(24)25)10-11-22(13-19)17(23)20(8-3-2-4-9-20)15-6-5-7-16(21)12-15/h5-7,12H,2-4,8-11,13-14H2,1H3,(H,24,25). The Bertz CT molecular complexity index is 686. The van der Waals surface area contributed by atoms with Gasteiger partial charge in [0.05, 0.1) is 12.0 Å². The quantitative estimate of drug-likeness (QED) is 0.873. The van der Waals surface area contributed by atoms with Gasteiger partial charge in [-0.05, 0) is 37.0 Å². The van der Waals surface area contributed by atoms with Crippen molar-refractivity contribution in [1.82, 2.24) is 4.90 Å². The third-order valence-electron chi connectivity index (χ3n) is 6.01. The van der Waals surface area contributed by atoms with Crippen LogP contribution in [0.15, 0.2) is 24.3 Å². The van der Waals surface area contributed by atoms with Crippen LogP contribution in [0.2, 0.25) is 0 Å². The summed E-state index contributed by atoms with van der Waals surface area (Å²) in [5.74, 6) is -1.35. The molecular formula is C20H26FNO4. The molecular weight excluding hydrogens is 337 g/mol. The Morgan fingerprint density at radius 1 is 1.23 bits per heavy atom. The Morgan fingerprint density at radius 2 is 1.96 bits per heavy atom. The van der Waals surface area contributed by atoms with Gasteiger partial charge in [-0.25, -0.2) is 4.39 Å². The van der Waals surface area contributed by atoms with Gasteiger partial charge in [-0.1, -0.05) is 31.4 Å². The summed E-state index contributed by atoms with van der Waals surface area (Å²) in [5.41, 5.74) is -1.09. The fraction of sp³-hybridized carbons (Fsp3) is 0.600. The third-order valence-corrected chi connectivity index (χ3v) is 6.01. The molecule has 1 N–H and O–H groups in total. The summed E-state index contributed by atoms with van der Waals surface area (Å²) in [5, 5.41) is 9.65. The lowest BCUT2D eigenvalue weighted by atomic mass is 9.68. The van der Waals surface area contributed by atoms with E-state index in [1.165, 1.54) is 19.2 Å². The van der Waals surface area contributed by atoms with E-state index in [-0.39, 0.29) is 24.9 Å². The molecule has 1 saturated carbocycles. The first-order valence-electron chi connectivity index (χ1n) is 9.21. The zero-order valence-corrected chi connectivity index (χ0v) is 15.2. The van der Waals surface area contributed by atoms with Crippen molar-refractivity contribution in [1.29, 1.82) is 0 Å². The zero-order valence-electron chi connectivity index (χ0n) is 15.2. The minimum absolute atomic E-state index is 0.0676. The van der Waals surface area contributed by atoms with E-state index in [0.29, 0.717) is 31.4 Å². The summed E-state index contributed by atoms with van der Waals surface area (Å²) in [4.78, 5) is 27.0. The number of amides is 1. The van der Waals surface area contributed by atoms with Gasteiger partial charge < -0.3 is 14.7 Å². The molecule has 1 aliphatic heterocycles. The molecule has 2 fully saturated rings. The number of carbonyl (C=O) groups is 2. The molecule has 5 nitrogen and oxygen atoms in total. The predicted octanol–water partition coefficient (Wildman–Crippen LogP) is 2.98. The second-order valence-electron chi connectivity index (χ2n) is 7.65. The van der Waals surface area contributed by atoms with Crippen molar-refractivity contribution in [2.24, 2.45) is 5.41 Å². The van der Waals surface area contributed by atoms with Crippen LogP contribution in [-0.2, 0) is 19.7 Å². The largest absolute Gasteiger partial charge is 0.481 e. The molecule has 26 heavy (non-hydrogen) atoms. The number of carboxylic acid groups (broad SMARTS) is 1. The van der Waals surface area contributed by atoms with Crippen molar-refractivity contribution in [2.75, 3.05) is 26.8 Å². The fourth-order valence-electron chi connectivity index (χ4n) is 4.55. The number of benzene rings is 1. The van der Waals surface area contributed by atoms with Crippen LogP contribution >= 0.6 is 0 Å². The summed E-state index contributed by atoms with van der Waals surface area (Å²) in [6.45, 7) is 0.622. The molecule has 1 atom stereocenters. The van der Waals surface area contributed by atoms with E-state index in [9.17, 15) is 19.1 Å². The number of likely N-dealkylation sites (tertiary alicyclic amines) is 1. The highest BCUT2D eigenvalue weighted by Gasteiger charge is 2.51. The second-order valence-corrected chi connectivity index (χ2v) is 7.65. The van der Waals surface area contributed by atoms with Crippen molar-refractivity contribution in [2.45, 2.75) is 43.9 Å². The molecule has 0 radical (unpaired) electrons. The molecule has 6 heteroatoms. The maximum absolute atomic E-state index is 13.8. The molecule has 1 saturated heterocycles. The van der Waals surface area contributed by atoms with Crippen LogP contribution in [0.3, 0.4) is 0 Å². The summed E-state index contributed by atoms with van der Waals surface area (Å²) in [6, 6.07) is 6.31. The van der Waals surface area contributed by atoms with Crippen LogP contribution in [0.5, 0.6) is 0 Å². The normalized spacial score (nSPS) is 25.2. The Balaban J connectivity index is 1.91. The number of aliphatic carboxylic acids is 1. The molecule has 1 aromatic carbocycles. The van der Waals surface area contributed by atoms with Crippen LogP contribution in [0.1, 0.15) is 44.1 Å². The summed E-state index contributed by atoms with van der Waals surface area (Å²) in [7, 11) is 1.48. The van der Waals surface area contributed by atoms with Crippen LogP contribution in [-0.4, -0.2) is 48.7 Å². The number of halogens is 1. The lowest BCUT2D eigenvalue weighted by Gasteiger charge is -2.39. The maximum atomic E-state index is 13.8. The van der Waals surface area contributed by atoms with Crippen LogP contribution in [0, 0.1) is 11.2 Å². The van der Waals surface area contributed by atoms with Crippen molar-refractivity contribution >= 4 is 11.9 Å². The Hall–Kier alpha value is -1.95. The van der Waals surface area contributed by atoms with E-state index in [1.807, 2.05) is 6.07 Å². The third kappa shape index (κ3) is 3.22. The van der Waals surface area contributed by atoms with E-state index >= 15 is 0 Å². The van der Waals surface area contributed by atoms with Gasteiger partial charge in [-0.3, -0.25) is 9.59 Å². The molecule has 0 spiro atoms. The predicted molar refractivity (Wildman–Crippen MR) is 94.3 cm³/mol. The number of hydrogen-bond acceptors (Lipinski definition) is 3. The van der Waals surface area contributed by atoms with Gasteiger partial charge in [0, 0.05) is 20.2 Å². The van der Waals surface area contributed by atoms with Gasteiger partial charge >= 0.3 is 5.97 Å². The van der Waals surface area contributed by atoms with Gasteiger partial charge in [0.1, 0.15) is 11.2 Å². The van der Waals surface area contributed by atoms with Gasteiger partial charge in [0.15, 0.2) is 0 Å². The number of methoxy groups -OCH3 is 1. The van der Waals surface area contributed by atoms with E-state index in [1.54, 1.807) is 11.0 Å². The highest BCUT2D eigenvalue weighted by Crippen LogP contribution is 2.43. The van der Waals surface area contributed by atoms with Gasteiger partial charge in [0.25, 0.3) is 0 Å². The fourth-order valence-corrected chi connectivity index (χ4v) is 4.55. The van der Waals surface area contributed by atoms with E-state index in [4.69, 9.17) is 4.74 Å². The van der Waals surface area contributed by atoms with Crippen molar-refractivity contribution in [3.8, 4) is 0 Å². The molecule has 0 aromatic heterocycles. The number of carboxylic acids is 1. The van der Waals surface area contributed by atoms with E-state index in [2.05, 4.69) is 0 Å². The second kappa shape index (κ2) is 7.35. The smallest absolute Gasteiger partial charge is 0.313 e. The summed E-state index contributed by atoms with van der Waals surface area (Å²) < 4.78 is 19.0. The molecule has 1 aromatic rings. The number of hydrogen-bond donors (Lipinski definition) is 1. The average Bonchev–Trinajstić information content (AvgIpc) is 3.07. The number of carbonyl (C=O) groups excluding carboxylic acids is 1. The van der Waals surface area contributed by atoms with E-state index < -0.39 is 16.8 Å². The molecule has 142 valence electrons. The maximum Gasteiger partial charge on any atom is 0.313 e. The molecule has 1 heterocycles. The average molecular weight is 363 g/mol. The van der Waals surface area contributed by atoms with Crippen molar-refractivity contribution < 1.29 is 23.8 Å². The molecule has 1 amide bonds. The zero-order chi connectivity index (χ0) is 18.8. The molecule has 1 unspecified atom stereocenters. The molecule has 2 aliphatic rings. The number of ether oxygens (including phenoxy) is 1. The minimum atomic E-state index is -1.05. The van der Waals surface area contributed by atoms with Crippen molar-refractivity contribution in [3.05, 3.63) is 35.6 Å². The first-order chi connectivity index (χ1) is 12.4. The van der Waals surface area contributed by atoms with Crippen LogP contribution in [0.25, 0.3) is 0 Å². The topological polar surface area (TPSA) is 66.8 Å². The lowest BCUT2D eigenvalue weighted by Crippen LogP contribution is -2.49. The first-order valence-corrected chi connectivity index (χ1v) is 9.21. The van der Waals surface area contributed by atoms with E-state index in [0.717, 1.165) is 19.3 Å². The Kier molecular flexibility index (Phi) is 5.32. The molecule has 3 rings (SSSR count). The van der Waals surface area contributed by atoms with Gasteiger partial charge in [-0.2, -0.15) is 0 Å². The molecule has 0 bridgehead atoms. The highest BCUT2D eigenvalue weighted by molar-refractivity contribution is 5.89. The Labute approximate surface area is 153 Å². The first kappa shape index (κ1) is 18.8. The summed E-state index contributed by atoms with van der Waals surface area (Å²) >= 11 is 0. The Morgan fingerprint density at radius 3 is 2.58 bits per heavy atom. The summed E-state index contributed by atoms with van der Waals surface area (Å²) in [6.07, 6.45) is 4.62. The number of rotatable bonds is 5.